The normalized spacial score (nSPS) is 15.4. The molecule has 0 aliphatic rings. The first kappa shape index (κ1) is 14.0. The Morgan fingerprint density at radius 1 is 1.18 bits per heavy atom. The number of aliphatic hydroxyl groups excluding tert-OH is 1. The second-order valence-corrected chi connectivity index (χ2v) is 5.33. The van der Waals surface area contributed by atoms with Gasteiger partial charge in [0.25, 0.3) is 0 Å². The molecule has 1 aromatic carbocycles. The van der Waals surface area contributed by atoms with Crippen molar-refractivity contribution in [3.8, 4) is 5.75 Å². The molecule has 0 aliphatic carbocycles. The van der Waals surface area contributed by atoms with Crippen LogP contribution in [0.25, 0.3) is 0 Å². The van der Waals surface area contributed by atoms with Crippen molar-refractivity contribution in [3.05, 3.63) is 29.8 Å². The van der Waals surface area contributed by atoms with E-state index in [2.05, 4.69) is 32.9 Å². The van der Waals surface area contributed by atoms with E-state index in [9.17, 15) is 5.11 Å². The third-order valence-corrected chi connectivity index (χ3v) is 3.52. The molecule has 0 radical (unpaired) electrons. The Balaban J connectivity index is 2.75. The average Bonchev–Trinajstić information content (AvgIpc) is 2.29. The molecule has 0 fully saturated rings. The summed E-state index contributed by atoms with van der Waals surface area (Å²) in [6.07, 6.45) is 0.471. The highest BCUT2D eigenvalue weighted by molar-refractivity contribution is 5.31. The van der Waals surface area contributed by atoms with Crippen molar-refractivity contribution in [1.82, 2.24) is 0 Å². The minimum atomic E-state index is -0.457. The average molecular weight is 236 g/mol. The van der Waals surface area contributed by atoms with Crippen LogP contribution < -0.4 is 4.74 Å². The summed E-state index contributed by atoms with van der Waals surface area (Å²) in [6.45, 7) is 10.3. The molecule has 0 spiro atoms. The molecule has 2 atom stereocenters. The van der Waals surface area contributed by atoms with Crippen molar-refractivity contribution in [2.75, 3.05) is 0 Å². The fraction of sp³-hybridized carbons (Fsp3) is 0.600. The molecule has 0 aromatic heterocycles. The smallest absolute Gasteiger partial charge is 0.121 e. The van der Waals surface area contributed by atoms with Crippen LogP contribution in [0, 0.1) is 0 Å². The Labute approximate surface area is 105 Å². The lowest BCUT2D eigenvalue weighted by atomic mass is 9.82. The third kappa shape index (κ3) is 3.74. The third-order valence-electron chi connectivity index (χ3n) is 3.52. The van der Waals surface area contributed by atoms with Crippen LogP contribution in [0.2, 0.25) is 0 Å². The van der Waals surface area contributed by atoms with E-state index in [-0.39, 0.29) is 11.5 Å². The van der Waals surface area contributed by atoms with Gasteiger partial charge in [0.15, 0.2) is 0 Å². The summed E-state index contributed by atoms with van der Waals surface area (Å²) in [5.41, 5.74) is 1.52. The maximum absolute atomic E-state index is 9.38. The quantitative estimate of drug-likeness (QED) is 0.847. The highest BCUT2D eigenvalue weighted by atomic mass is 16.5. The van der Waals surface area contributed by atoms with Gasteiger partial charge >= 0.3 is 0 Å². The number of hydrogen-bond acceptors (Lipinski definition) is 2. The van der Waals surface area contributed by atoms with Crippen LogP contribution in [0.3, 0.4) is 0 Å². The molecule has 0 heterocycles. The fourth-order valence-electron chi connectivity index (χ4n) is 1.50. The molecule has 2 nitrogen and oxygen atoms in total. The minimum absolute atomic E-state index is 0.181. The zero-order valence-electron chi connectivity index (χ0n) is 11.5. The van der Waals surface area contributed by atoms with Crippen LogP contribution in [-0.2, 0) is 5.41 Å². The Morgan fingerprint density at radius 2 is 1.71 bits per heavy atom. The topological polar surface area (TPSA) is 29.5 Å². The van der Waals surface area contributed by atoms with Crippen molar-refractivity contribution in [2.45, 2.75) is 58.7 Å². The van der Waals surface area contributed by atoms with E-state index in [0.29, 0.717) is 0 Å². The van der Waals surface area contributed by atoms with Crippen LogP contribution in [0.5, 0.6) is 5.75 Å². The van der Waals surface area contributed by atoms with Crippen LogP contribution in [-0.4, -0.2) is 17.3 Å². The molecular formula is C15H24O2. The molecule has 0 saturated heterocycles. The fourth-order valence-corrected chi connectivity index (χ4v) is 1.50. The SMILES string of the molecule is CCC(C)(C)c1ccc(OC(C)C(C)O)cc1. The first-order valence-electron chi connectivity index (χ1n) is 6.32. The molecule has 1 rings (SSSR count). The summed E-state index contributed by atoms with van der Waals surface area (Å²) in [5.74, 6) is 0.814. The second kappa shape index (κ2) is 5.54. The first-order chi connectivity index (χ1) is 7.86. The summed E-state index contributed by atoms with van der Waals surface area (Å²) in [7, 11) is 0. The Kier molecular flexibility index (Phi) is 4.58. The number of aliphatic hydroxyl groups is 1. The summed E-state index contributed by atoms with van der Waals surface area (Å²) < 4.78 is 5.63. The monoisotopic (exact) mass is 236 g/mol. The van der Waals surface area contributed by atoms with Crippen LogP contribution in [0.4, 0.5) is 0 Å². The zero-order valence-corrected chi connectivity index (χ0v) is 11.5. The number of ether oxygens (including phenoxy) is 1. The summed E-state index contributed by atoms with van der Waals surface area (Å²) in [5, 5.41) is 9.38. The van der Waals surface area contributed by atoms with Gasteiger partial charge in [0.1, 0.15) is 11.9 Å². The highest BCUT2D eigenvalue weighted by Gasteiger charge is 2.18. The van der Waals surface area contributed by atoms with Crippen molar-refractivity contribution in [2.24, 2.45) is 0 Å². The van der Waals surface area contributed by atoms with Crippen LogP contribution >= 0.6 is 0 Å². The lowest BCUT2D eigenvalue weighted by Gasteiger charge is -2.24. The summed E-state index contributed by atoms with van der Waals surface area (Å²) in [4.78, 5) is 0. The molecule has 1 N–H and O–H groups in total. The molecule has 0 saturated carbocycles. The van der Waals surface area contributed by atoms with Crippen LogP contribution in [0.1, 0.15) is 46.6 Å². The van der Waals surface area contributed by atoms with Gasteiger partial charge in [0.2, 0.25) is 0 Å². The van der Waals surface area contributed by atoms with Crippen molar-refractivity contribution in [3.63, 3.8) is 0 Å². The second-order valence-electron chi connectivity index (χ2n) is 5.33. The van der Waals surface area contributed by atoms with Crippen LogP contribution in [0.15, 0.2) is 24.3 Å². The summed E-state index contributed by atoms with van der Waals surface area (Å²) in [6, 6.07) is 8.17. The number of benzene rings is 1. The Bertz CT molecular complexity index is 338. The van der Waals surface area contributed by atoms with Gasteiger partial charge in [0.05, 0.1) is 6.10 Å². The summed E-state index contributed by atoms with van der Waals surface area (Å²) >= 11 is 0. The van der Waals surface area contributed by atoms with Crippen molar-refractivity contribution < 1.29 is 9.84 Å². The van der Waals surface area contributed by atoms with Gasteiger partial charge < -0.3 is 9.84 Å². The van der Waals surface area contributed by atoms with Gasteiger partial charge in [-0.15, -0.1) is 0 Å². The lowest BCUT2D eigenvalue weighted by molar-refractivity contribution is 0.0604. The minimum Gasteiger partial charge on any atom is -0.488 e. The van der Waals surface area contributed by atoms with E-state index < -0.39 is 6.10 Å². The lowest BCUT2D eigenvalue weighted by Crippen LogP contribution is -2.25. The van der Waals surface area contributed by atoms with Crippen molar-refractivity contribution in [1.29, 1.82) is 0 Å². The molecule has 0 bridgehead atoms. The predicted molar refractivity (Wildman–Crippen MR) is 71.5 cm³/mol. The van der Waals surface area contributed by atoms with Gasteiger partial charge in [-0.1, -0.05) is 32.9 Å². The largest absolute Gasteiger partial charge is 0.488 e. The molecule has 0 amide bonds. The van der Waals surface area contributed by atoms with Gasteiger partial charge in [-0.3, -0.25) is 0 Å². The van der Waals surface area contributed by atoms with E-state index in [0.717, 1.165) is 12.2 Å². The van der Waals surface area contributed by atoms with Crippen molar-refractivity contribution >= 4 is 0 Å². The van der Waals surface area contributed by atoms with Gasteiger partial charge in [-0.05, 0) is 43.4 Å². The maximum atomic E-state index is 9.38. The standard InChI is InChI=1S/C15H24O2/c1-6-15(4,5)13-7-9-14(10-8-13)17-12(3)11(2)16/h7-12,16H,6H2,1-5H3. The molecule has 1 aromatic rings. The van der Waals surface area contributed by atoms with Gasteiger partial charge in [-0.25, -0.2) is 0 Å². The molecule has 2 heteroatoms. The Hall–Kier alpha value is -1.02. The molecular weight excluding hydrogens is 212 g/mol. The molecule has 17 heavy (non-hydrogen) atoms. The molecule has 96 valence electrons. The zero-order chi connectivity index (χ0) is 13.1. The van der Waals surface area contributed by atoms with E-state index in [1.54, 1.807) is 6.92 Å². The van der Waals surface area contributed by atoms with Gasteiger partial charge in [0, 0.05) is 0 Å². The van der Waals surface area contributed by atoms with Gasteiger partial charge in [-0.2, -0.15) is 0 Å². The number of rotatable bonds is 5. The Morgan fingerprint density at radius 3 is 2.12 bits per heavy atom. The van der Waals surface area contributed by atoms with E-state index in [1.807, 2.05) is 19.1 Å². The molecule has 2 unspecified atom stereocenters. The highest BCUT2D eigenvalue weighted by Crippen LogP contribution is 2.28. The maximum Gasteiger partial charge on any atom is 0.121 e. The van der Waals surface area contributed by atoms with E-state index in [4.69, 9.17) is 4.74 Å². The predicted octanol–water partition coefficient (Wildman–Crippen LogP) is 3.52. The first-order valence-corrected chi connectivity index (χ1v) is 6.32. The number of hydrogen-bond donors (Lipinski definition) is 1. The molecule has 0 aliphatic heterocycles. The van der Waals surface area contributed by atoms with E-state index >= 15 is 0 Å². The van der Waals surface area contributed by atoms with E-state index in [1.165, 1.54) is 5.56 Å².